The van der Waals surface area contributed by atoms with Gasteiger partial charge in [0.2, 0.25) is 0 Å². The minimum atomic E-state index is -3.92. The number of carboxylic acid groups (broad SMARTS) is 1. The summed E-state index contributed by atoms with van der Waals surface area (Å²) < 4.78 is 48.5. The SMILES string of the molecule is COc1c(C2(C(=O)O)CCCC2)cc(F)c(S(C)(=O)=O)c1OC. The van der Waals surface area contributed by atoms with Gasteiger partial charge in [-0.1, -0.05) is 12.8 Å². The number of carbonyl (C=O) groups is 1. The lowest BCUT2D eigenvalue weighted by Crippen LogP contribution is -2.33. The van der Waals surface area contributed by atoms with Crippen LogP contribution in [0.1, 0.15) is 31.2 Å². The van der Waals surface area contributed by atoms with E-state index in [4.69, 9.17) is 9.47 Å². The Morgan fingerprint density at radius 1 is 1.22 bits per heavy atom. The van der Waals surface area contributed by atoms with Crippen molar-refractivity contribution in [1.29, 1.82) is 0 Å². The Hall–Kier alpha value is -1.83. The van der Waals surface area contributed by atoms with E-state index < -0.39 is 31.9 Å². The quantitative estimate of drug-likeness (QED) is 0.878. The zero-order valence-corrected chi connectivity index (χ0v) is 14.0. The van der Waals surface area contributed by atoms with Crippen LogP contribution in [0.5, 0.6) is 11.5 Å². The first-order valence-corrected chi connectivity index (χ1v) is 8.96. The fourth-order valence-corrected chi connectivity index (χ4v) is 4.18. The number of hydrogen-bond donors (Lipinski definition) is 1. The molecule has 0 amide bonds. The summed E-state index contributed by atoms with van der Waals surface area (Å²) in [5.74, 6) is -2.45. The van der Waals surface area contributed by atoms with Gasteiger partial charge in [0.15, 0.2) is 21.3 Å². The van der Waals surface area contributed by atoms with Crippen LogP contribution in [0.15, 0.2) is 11.0 Å². The van der Waals surface area contributed by atoms with Gasteiger partial charge in [-0.15, -0.1) is 0 Å². The van der Waals surface area contributed by atoms with Crippen LogP contribution in [0.3, 0.4) is 0 Å². The molecule has 0 saturated heterocycles. The number of benzene rings is 1. The van der Waals surface area contributed by atoms with Gasteiger partial charge in [0.1, 0.15) is 10.7 Å². The summed E-state index contributed by atoms with van der Waals surface area (Å²) in [7, 11) is -1.45. The number of carboxylic acids is 1. The molecule has 6 nitrogen and oxygen atoms in total. The van der Waals surface area contributed by atoms with Gasteiger partial charge in [0.25, 0.3) is 0 Å². The van der Waals surface area contributed by atoms with Gasteiger partial charge < -0.3 is 14.6 Å². The lowest BCUT2D eigenvalue weighted by Gasteiger charge is -2.28. The molecule has 128 valence electrons. The van der Waals surface area contributed by atoms with Crippen molar-refractivity contribution in [3.63, 3.8) is 0 Å². The highest BCUT2D eigenvalue weighted by Crippen LogP contribution is 2.50. The number of ether oxygens (including phenoxy) is 2. The molecule has 1 saturated carbocycles. The third-order valence-electron chi connectivity index (χ3n) is 4.31. The molecule has 8 heteroatoms. The van der Waals surface area contributed by atoms with Crippen molar-refractivity contribution in [3.05, 3.63) is 17.4 Å². The molecule has 0 atom stereocenters. The van der Waals surface area contributed by atoms with E-state index in [0.717, 1.165) is 12.3 Å². The van der Waals surface area contributed by atoms with Gasteiger partial charge in [0, 0.05) is 11.8 Å². The topological polar surface area (TPSA) is 89.9 Å². The number of methoxy groups -OCH3 is 2. The smallest absolute Gasteiger partial charge is 0.314 e. The van der Waals surface area contributed by atoms with Crippen molar-refractivity contribution in [3.8, 4) is 11.5 Å². The molecule has 1 aliphatic carbocycles. The van der Waals surface area contributed by atoms with E-state index in [9.17, 15) is 22.7 Å². The molecule has 1 aromatic carbocycles. The third kappa shape index (κ3) is 2.75. The molecule has 1 aromatic rings. The van der Waals surface area contributed by atoms with Crippen LogP contribution in [0, 0.1) is 5.82 Å². The summed E-state index contributed by atoms with van der Waals surface area (Å²) >= 11 is 0. The molecule has 0 radical (unpaired) electrons. The molecule has 1 fully saturated rings. The Kier molecular flexibility index (Phi) is 4.57. The van der Waals surface area contributed by atoms with Gasteiger partial charge in [-0.25, -0.2) is 12.8 Å². The van der Waals surface area contributed by atoms with Crippen LogP contribution in [0.2, 0.25) is 0 Å². The fraction of sp³-hybridized carbons (Fsp3) is 0.533. The molecule has 1 aliphatic rings. The highest BCUT2D eigenvalue weighted by molar-refractivity contribution is 7.90. The summed E-state index contributed by atoms with van der Waals surface area (Å²) in [4.78, 5) is 11.2. The van der Waals surface area contributed by atoms with E-state index in [1.807, 2.05) is 0 Å². The zero-order chi connectivity index (χ0) is 17.4. The minimum absolute atomic E-state index is 0.0429. The Balaban J connectivity index is 2.86. The predicted octanol–water partition coefficient (Wildman–Crippen LogP) is 2.14. The standard InChI is InChI=1S/C15H19FO6S/c1-21-11-9(15(14(17)18)6-4-5-7-15)8-10(16)13(12(11)22-2)23(3,19)20/h8H,4-7H2,1-3H3,(H,17,18). The maximum absolute atomic E-state index is 14.5. The van der Waals surface area contributed by atoms with E-state index in [0.29, 0.717) is 25.7 Å². The van der Waals surface area contributed by atoms with Gasteiger partial charge in [-0.05, 0) is 18.9 Å². The first-order valence-electron chi connectivity index (χ1n) is 7.07. The maximum Gasteiger partial charge on any atom is 0.314 e. The second-order valence-electron chi connectivity index (χ2n) is 5.67. The molecular weight excluding hydrogens is 327 g/mol. The van der Waals surface area contributed by atoms with Crippen LogP contribution >= 0.6 is 0 Å². The van der Waals surface area contributed by atoms with Crippen LogP contribution < -0.4 is 9.47 Å². The summed E-state index contributed by atoms with van der Waals surface area (Å²) in [6.45, 7) is 0. The maximum atomic E-state index is 14.5. The average molecular weight is 346 g/mol. The number of rotatable bonds is 5. The van der Waals surface area contributed by atoms with Crippen LogP contribution in [-0.4, -0.2) is 40.0 Å². The van der Waals surface area contributed by atoms with E-state index in [2.05, 4.69) is 0 Å². The van der Waals surface area contributed by atoms with Crippen molar-refractivity contribution >= 4 is 15.8 Å². The van der Waals surface area contributed by atoms with Gasteiger partial charge in [0.05, 0.1) is 19.6 Å². The Morgan fingerprint density at radius 3 is 2.13 bits per heavy atom. The second-order valence-corrected chi connectivity index (χ2v) is 7.62. The van der Waals surface area contributed by atoms with Crippen molar-refractivity contribution < 1.29 is 32.2 Å². The molecule has 2 rings (SSSR count). The third-order valence-corrected chi connectivity index (χ3v) is 5.43. The van der Waals surface area contributed by atoms with Crippen molar-refractivity contribution in [2.75, 3.05) is 20.5 Å². The normalized spacial score (nSPS) is 17.0. The number of halogens is 1. The lowest BCUT2D eigenvalue weighted by molar-refractivity contribution is -0.143. The van der Waals surface area contributed by atoms with E-state index in [-0.39, 0.29) is 17.1 Å². The summed E-state index contributed by atoms with van der Waals surface area (Å²) in [6.07, 6.45) is 2.90. The van der Waals surface area contributed by atoms with Gasteiger partial charge in [-0.3, -0.25) is 4.79 Å². The second kappa shape index (κ2) is 5.99. The lowest BCUT2D eigenvalue weighted by atomic mass is 9.78. The highest BCUT2D eigenvalue weighted by atomic mass is 32.2. The molecule has 23 heavy (non-hydrogen) atoms. The summed E-state index contributed by atoms with van der Waals surface area (Å²) in [6, 6.07) is 0.956. The molecule has 1 N–H and O–H groups in total. The molecular formula is C15H19FO6S. The average Bonchev–Trinajstić information content (AvgIpc) is 2.95. The molecule has 0 aromatic heterocycles. The number of aliphatic carboxylic acids is 1. The van der Waals surface area contributed by atoms with E-state index in [1.165, 1.54) is 14.2 Å². The monoisotopic (exact) mass is 346 g/mol. The van der Waals surface area contributed by atoms with Crippen LogP contribution in [-0.2, 0) is 20.0 Å². The molecule has 0 bridgehead atoms. The van der Waals surface area contributed by atoms with Gasteiger partial charge >= 0.3 is 5.97 Å². The largest absolute Gasteiger partial charge is 0.492 e. The van der Waals surface area contributed by atoms with E-state index >= 15 is 0 Å². The van der Waals surface area contributed by atoms with Crippen molar-refractivity contribution in [2.24, 2.45) is 0 Å². The molecule has 0 spiro atoms. The molecule has 0 unspecified atom stereocenters. The molecule has 0 aliphatic heterocycles. The molecule has 0 heterocycles. The van der Waals surface area contributed by atoms with Crippen molar-refractivity contribution in [1.82, 2.24) is 0 Å². The Bertz CT molecular complexity index is 735. The summed E-state index contributed by atoms with van der Waals surface area (Å²) in [5.41, 5.74) is -1.18. The van der Waals surface area contributed by atoms with Gasteiger partial charge in [-0.2, -0.15) is 0 Å². The zero-order valence-electron chi connectivity index (χ0n) is 13.2. The first kappa shape index (κ1) is 17.5. The van der Waals surface area contributed by atoms with E-state index in [1.54, 1.807) is 0 Å². The number of hydrogen-bond acceptors (Lipinski definition) is 5. The number of sulfone groups is 1. The van der Waals surface area contributed by atoms with Crippen LogP contribution in [0.25, 0.3) is 0 Å². The summed E-state index contributed by atoms with van der Waals surface area (Å²) in [5, 5.41) is 9.68. The minimum Gasteiger partial charge on any atom is -0.492 e. The highest BCUT2D eigenvalue weighted by Gasteiger charge is 2.46. The Morgan fingerprint density at radius 2 is 1.74 bits per heavy atom. The van der Waals surface area contributed by atoms with Crippen LogP contribution in [0.4, 0.5) is 4.39 Å². The fourth-order valence-electron chi connectivity index (χ4n) is 3.26. The van der Waals surface area contributed by atoms with Crippen molar-refractivity contribution in [2.45, 2.75) is 36.0 Å². The Labute approximate surface area is 134 Å². The predicted molar refractivity (Wildman–Crippen MR) is 80.4 cm³/mol. The first-order chi connectivity index (χ1) is 10.7.